The van der Waals surface area contributed by atoms with Crippen LogP contribution in [-0.4, -0.2) is 28.8 Å². The Balaban J connectivity index is 1.98. The monoisotopic (exact) mass is 207 g/mol. The largest absolute Gasteiger partial charge is 0.477 e. The van der Waals surface area contributed by atoms with Gasteiger partial charge in [0.2, 0.25) is 5.88 Å². The second-order valence-corrected chi connectivity index (χ2v) is 3.44. The predicted molar refractivity (Wildman–Crippen MR) is 53.7 cm³/mol. The average Bonchev–Trinajstić information content (AvgIpc) is 3.03. The van der Waals surface area contributed by atoms with Crippen LogP contribution in [0, 0.1) is 0 Å². The minimum absolute atomic E-state index is 0.159. The molecule has 5 heteroatoms. The van der Waals surface area contributed by atoms with Gasteiger partial charge in [-0.3, -0.25) is 4.79 Å². The minimum atomic E-state index is -0.159. The van der Waals surface area contributed by atoms with Crippen LogP contribution in [0.3, 0.4) is 0 Å². The van der Waals surface area contributed by atoms with Crippen molar-refractivity contribution in [3.63, 3.8) is 0 Å². The molecule has 0 atom stereocenters. The number of nitrogens with zero attached hydrogens (tertiary/aromatic N) is 2. The van der Waals surface area contributed by atoms with Gasteiger partial charge in [0.05, 0.1) is 6.61 Å². The molecule has 0 radical (unpaired) electrons. The predicted octanol–water partition coefficient (Wildman–Crippen LogP) is 0.767. The summed E-state index contributed by atoms with van der Waals surface area (Å²) in [6.07, 6.45) is 2.13. The van der Waals surface area contributed by atoms with Gasteiger partial charge in [0.15, 0.2) is 5.69 Å². The first-order valence-corrected chi connectivity index (χ1v) is 5.07. The average molecular weight is 207 g/mol. The SMILES string of the molecule is CCOc1ccc(C(=O)NC2CC2)nn1. The highest BCUT2D eigenvalue weighted by Crippen LogP contribution is 2.19. The normalized spacial score (nSPS) is 14.7. The van der Waals surface area contributed by atoms with Gasteiger partial charge in [-0.1, -0.05) is 0 Å². The first-order valence-electron chi connectivity index (χ1n) is 5.07. The van der Waals surface area contributed by atoms with Gasteiger partial charge in [-0.15, -0.1) is 10.2 Å². The molecule has 0 unspecified atom stereocenters. The summed E-state index contributed by atoms with van der Waals surface area (Å²) in [5.74, 6) is 0.286. The zero-order valence-corrected chi connectivity index (χ0v) is 8.56. The van der Waals surface area contributed by atoms with Crippen LogP contribution >= 0.6 is 0 Å². The summed E-state index contributed by atoms with van der Waals surface area (Å²) in [5.41, 5.74) is 0.338. The fraction of sp³-hybridized carbons (Fsp3) is 0.500. The number of ether oxygens (including phenoxy) is 1. The maximum atomic E-state index is 11.5. The number of nitrogens with one attached hydrogen (secondary N) is 1. The Bertz CT molecular complexity index is 346. The van der Waals surface area contributed by atoms with E-state index in [0.717, 1.165) is 12.8 Å². The zero-order valence-electron chi connectivity index (χ0n) is 8.56. The third-order valence-corrected chi connectivity index (χ3v) is 2.08. The number of carbonyl (C=O) groups excluding carboxylic acids is 1. The standard InChI is InChI=1S/C10H13N3O2/c1-2-15-9-6-5-8(12-13-9)10(14)11-7-3-4-7/h5-7H,2-4H2,1H3,(H,11,14). The van der Waals surface area contributed by atoms with Crippen molar-refractivity contribution in [2.75, 3.05) is 6.61 Å². The molecule has 1 fully saturated rings. The second kappa shape index (κ2) is 4.25. The van der Waals surface area contributed by atoms with Crippen molar-refractivity contribution >= 4 is 5.91 Å². The van der Waals surface area contributed by atoms with Crippen LogP contribution in [0.25, 0.3) is 0 Å². The molecule has 0 aliphatic heterocycles. The third kappa shape index (κ3) is 2.65. The minimum Gasteiger partial charge on any atom is -0.477 e. The van der Waals surface area contributed by atoms with Crippen molar-refractivity contribution in [3.05, 3.63) is 17.8 Å². The van der Waals surface area contributed by atoms with E-state index < -0.39 is 0 Å². The summed E-state index contributed by atoms with van der Waals surface area (Å²) < 4.78 is 5.13. The van der Waals surface area contributed by atoms with Crippen LogP contribution in [0.15, 0.2) is 12.1 Å². The Labute approximate surface area is 87.8 Å². The summed E-state index contributed by atoms with van der Waals surface area (Å²) in [4.78, 5) is 11.5. The van der Waals surface area contributed by atoms with E-state index in [1.165, 1.54) is 0 Å². The lowest BCUT2D eigenvalue weighted by Gasteiger charge is -2.03. The molecule has 1 aromatic heterocycles. The molecule has 0 aromatic carbocycles. The maximum Gasteiger partial charge on any atom is 0.272 e. The highest BCUT2D eigenvalue weighted by Gasteiger charge is 2.24. The molecule has 1 aromatic rings. The van der Waals surface area contributed by atoms with Gasteiger partial charge in [0, 0.05) is 12.1 Å². The lowest BCUT2D eigenvalue weighted by atomic mass is 10.3. The van der Waals surface area contributed by atoms with Gasteiger partial charge < -0.3 is 10.1 Å². The molecule has 15 heavy (non-hydrogen) atoms. The van der Waals surface area contributed by atoms with Crippen molar-refractivity contribution in [3.8, 4) is 5.88 Å². The second-order valence-electron chi connectivity index (χ2n) is 3.44. The number of aromatic nitrogens is 2. The summed E-state index contributed by atoms with van der Waals surface area (Å²) >= 11 is 0. The molecule has 1 aliphatic rings. The molecule has 1 aliphatic carbocycles. The number of hydrogen-bond acceptors (Lipinski definition) is 4. The van der Waals surface area contributed by atoms with E-state index in [1.54, 1.807) is 12.1 Å². The van der Waals surface area contributed by atoms with Crippen molar-refractivity contribution in [1.29, 1.82) is 0 Å². The van der Waals surface area contributed by atoms with Gasteiger partial charge in [-0.25, -0.2) is 0 Å². The Morgan fingerprint density at radius 1 is 1.53 bits per heavy atom. The molecule has 5 nitrogen and oxygen atoms in total. The number of rotatable bonds is 4. The molecule has 1 heterocycles. The molecular formula is C10H13N3O2. The van der Waals surface area contributed by atoms with Crippen LogP contribution in [0.2, 0.25) is 0 Å². The van der Waals surface area contributed by atoms with E-state index in [1.807, 2.05) is 6.92 Å². The van der Waals surface area contributed by atoms with Crippen molar-refractivity contribution in [2.24, 2.45) is 0 Å². The van der Waals surface area contributed by atoms with Crippen molar-refractivity contribution < 1.29 is 9.53 Å². The van der Waals surface area contributed by atoms with Gasteiger partial charge in [-0.05, 0) is 25.8 Å². The fourth-order valence-corrected chi connectivity index (χ4v) is 1.15. The van der Waals surface area contributed by atoms with Gasteiger partial charge in [-0.2, -0.15) is 0 Å². The quantitative estimate of drug-likeness (QED) is 0.792. The third-order valence-electron chi connectivity index (χ3n) is 2.08. The van der Waals surface area contributed by atoms with E-state index >= 15 is 0 Å². The molecular weight excluding hydrogens is 194 g/mol. The van der Waals surface area contributed by atoms with E-state index in [2.05, 4.69) is 15.5 Å². The topological polar surface area (TPSA) is 64.1 Å². The molecule has 0 spiro atoms. The number of amides is 1. The van der Waals surface area contributed by atoms with Crippen LogP contribution in [0.5, 0.6) is 5.88 Å². The van der Waals surface area contributed by atoms with E-state index in [4.69, 9.17) is 4.74 Å². The van der Waals surface area contributed by atoms with Crippen LogP contribution in [0.1, 0.15) is 30.3 Å². The fourth-order valence-electron chi connectivity index (χ4n) is 1.15. The Morgan fingerprint density at radius 2 is 2.33 bits per heavy atom. The molecule has 0 bridgehead atoms. The van der Waals surface area contributed by atoms with Crippen LogP contribution in [-0.2, 0) is 0 Å². The highest BCUT2D eigenvalue weighted by atomic mass is 16.5. The maximum absolute atomic E-state index is 11.5. The van der Waals surface area contributed by atoms with Crippen molar-refractivity contribution in [2.45, 2.75) is 25.8 Å². The summed E-state index contributed by atoms with van der Waals surface area (Å²) in [6, 6.07) is 3.61. The molecule has 80 valence electrons. The Hall–Kier alpha value is -1.65. The van der Waals surface area contributed by atoms with Gasteiger partial charge in [0.1, 0.15) is 0 Å². The van der Waals surface area contributed by atoms with Gasteiger partial charge >= 0.3 is 0 Å². The summed E-state index contributed by atoms with van der Waals surface area (Å²) in [6.45, 7) is 2.41. The van der Waals surface area contributed by atoms with Crippen LogP contribution < -0.4 is 10.1 Å². The Morgan fingerprint density at radius 3 is 2.87 bits per heavy atom. The molecule has 1 amide bonds. The van der Waals surface area contributed by atoms with E-state index in [-0.39, 0.29) is 5.91 Å². The van der Waals surface area contributed by atoms with Crippen molar-refractivity contribution in [1.82, 2.24) is 15.5 Å². The van der Waals surface area contributed by atoms with E-state index in [9.17, 15) is 4.79 Å². The molecule has 1 N–H and O–H groups in total. The number of hydrogen-bond donors (Lipinski definition) is 1. The molecule has 2 rings (SSSR count). The summed E-state index contributed by atoms with van der Waals surface area (Å²) in [7, 11) is 0. The first kappa shape index (κ1) is 9.89. The first-order chi connectivity index (χ1) is 7.29. The number of carbonyl (C=O) groups is 1. The molecule has 1 saturated carbocycles. The Kier molecular flexibility index (Phi) is 2.80. The lowest BCUT2D eigenvalue weighted by Crippen LogP contribution is -2.26. The zero-order chi connectivity index (χ0) is 10.7. The highest BCUT2D eigenvalue weighted by molar-refractivity contribution is 5.92. The smallest absolute Gasteiger partial charge is 0.272 e. The molecule has 0 saturated heterocycles. The van der Waals surface area contributed by atoms with Crippen LogP contribution in [0.4, 0.5) is 0 Å². The lowest BCUT2D eigenvalue weighted by molar-refractivity contribution is 0.0945. The van der Waals surface area contributed by atoms with E-state index in [0.29, 0.717) is 24.2 Å². The van der Waals surface area contributed by atoms with Gasteiger partial charge in [0.25, 0.3) is 5.91 Å². The summed E-state index contributed by atoms with van der Waals surface area (Å²) in [5, 5.41) is 10.4.